The molecule has 1 aliphatic rings. The molecule has 0 spiro atoms. The zero-order valence-electron chi connectivity index (χ0n) is 16.0. The van der Waals surface area contributed by atoms with E-state index in [1.165, 1.54) is 12.1 Å². The van der Waals surface area contributed by atoms with Gasteiger partial charge in [-0.3, -0.25) is 14.5 Å². The Morgan fingerprint density at radius 1 is 1.14 bits per heavy atom. The van der Waals surface area contributed by atoms with E-state index in [1.807, 2.05) is 37.3 Å². The van der Waals surface area contributed by atoms with Crippen molar-refractivity contribution in [1.29, 1.82) is 0 Å². The first-order valence-electron chi connectivity index (χ1n) is 9.65. The Morgan fingerprint density at radius 3 is 2.57 bits per heavy atom. The summed E-state index contributed by atoms with van der Waals surface area (Å²) < 4.78 is 13.0. The molecule has 1 fully saturated rings. The average Bonchev–Trinajstić information content (AvgIpc) is 2.73. The molecular weight excluding hydrogens is 357 g/mol. The highest BCUT2D eigenvalue weighted by Gasteiger charge is 2.30. The molecule has 1 saturated heterocycles. The number of likely N-dealkylation sites (tertiary alicyclic amines) is 1. The lowest BCUT2D eigenvalue weighted by atomic mass is 9.95. The maximum Gasteiger partial charge on any atom is 0.237 e. The van der Waals surface area contributed by atoms with Crippen molar-refractivity contribution in [3.63, 3.8) is 0 Å². The molecule has 2 amide bonds. The molecule has 1 heterocycles. The van der Waals surface area contributed by atoms with E-state index in [4.69, 9.17) is 0 Å². The molecule has 0 saturated carbocycles. The molecule has 3 rings (SSSR count). The molecule has 0 bridgehead atoms. The van der Waals surface area contributed by atoms with E-state index in [0.717, 1.165) is 30.6 Å². The number of carbonyl (C=O) groups excluding carboxylic acids is 2. The lowest BCUT2D eigenvalue weighted by Gasteiger charge is -2.35. The topological polar surface area (TPSA) is 61.4 Å². The second-order valence-electron chi connectivity index (χ2n) is 7.21. The number of nitrogens with one attached hydrogen (secondary N) is 2. The van der Waals surface area contributed by atoms with Gasteiger partial charge >= 0.3 is 0 Å². The Labute approximate surface area is 164 Å². The van der Waals surface area contributed by atoms with Crippen molar-refractivity contribution in [3.05, 3.63) is 66.0 Å². The highest BCUT2D eigenvalue weighted by atomic mass is 19.1. The Bertz CT molecular complexity index is 795. The molecule has 0 aromatic heterocycles. The quantitative estimate of drug-likeness (QED) is 0.805. The van der Waals surface area contributed by atoms with Crippen LogP contribution in [0.3, 0.4) is 0 Å². The predicted molar refractivity (Wildman–Crippen MR) is 107 cm³/mol. The van der Waals surface area contributed by atoms with Crippen LogP contribution in [0.5, 0.6) is 0 Å². The molecule has 1 aliphatic heterocycles. The van der Waals surface area contributed by atoms with Crippen LogP contribution >= 0.6 is 0 Å². The number of amides is 2. The van der Waals surface area contributed by atoms with Crippen LogP contribution in [0.15, 0.2) is 54.6 Å². The number of rotatable bonds is 6. The third kappa shape index (κ3) is 5.39. The van der Waals surface area contributed by atoms with E-state index in [2.05, 4.69) is 15.5 Å². The van der Waals surface area contributed by atoms with E-state index in [1.54, 1.807) is 12.1 Å². The van der Waals surface area contributed by atoms with Crippen molar-refractivity contribution in [2.75, 3.05) is 18.4 Å². The Kier molecular flexibility index (Phi) is 6.76. The normalized spacial score (nSPS) is 18.3. The fourth-order valence-corrected chi connectivity index (χ4v) is 3.44. The van der Waals surface area contributed by atoms with Gasteiger partial charge in [0.25, 0.3) is 0 Å². The molecule has 2 unspecified atom stereocenters. The van der Waals surface area contributed by atoms with Crippen LogP contribution in [0.4, 0.5) is 10.1 Å². The Morgan fingerprint density at radius 2 is 1.86 bits per heavy atom. The number of benzene rings is 2. The van der Waals surface area contributed by atoms with Gasteiger partial charge in [-0.15, -0.1) is 0 Å². The first-order valence-corrected chi connectivity index (χ1v) is 9.65. The lowest BCUT2D eigenvalue weighted by molar-refractivity contribution is -0.129. The number of piperidine rings is 1. The number of halogens is 1. The maximum atomic E-state index is 13.0. The van der Waals surface area contributed by atoms with E-state index in [9.17, 15) is 14.0 Å². The molecule has 2 aromatic carbocycles. The second-order valence-corrected chi connectivity index (χ2v) is 7.21. The number of para-hydroxylation sites is 1. The summed E-state index contributed by atoms with van der Waals surface area (Å²) in [5.74, 6) is -0.527. The van der Waals surface area contributed by atoms with Crippen LogP contribution in [0, 0.1) is 11.7 Å². The number of carbonyl (C=O) groups is 2. The summed E-state index contributed by atoms with van der Waals surface area (Å²) in [6, 6.07) is 15.2. The van der Waals surface area contributed by atoms with Crippen LogP contribution < -0.4 is 10.6 Å². The minimum atomic E-state index is -0.326. The van der Waals surface area contributed by atoms with Crippen molar-refractivity contribution >= 4 is 17.5 Å². The molecule has 0 aliphatic carbocycles. The minimum absolute atomic E-state index is 0.00480. The maximum absolute atomic E-state index is 13.0. The predicted octanol–water partition coefficient (Wildman–Crippen LogP) is 3.18. The van der Waals surface area contributed by atoms with Crippen molar-refractivity contribution in [1.82, 2.24) is 10.2 Å². The zero-order chi connectivity index (χ0) is 19.9. The van der Waals surface area contributed by atoms with Crippen molar-refractivity contribution < 1.29 is 14.0 Å². The van der Waals surface area contributed by atoms with Gasteiger partial charge in [-0.25, -0.2) is 4.39 Å². The highest BCUT2D eigenvalue weighted by molar-refractivity contribution is 5.92. The summed E-state index contributed by atoms with van der Waals surface area (Å²) in [7, 11) is 0. The van der Waals surface area contributed by atoms with Crippen LogP contribution in [0.25, 0.3) is 0 Å². The minimum Gasteiger partial charge on any atom is -0.351 e. The van der Waals surface area contributed by atoms with E-state index in [-0.39, 0.29) is 29.6 Å². The summed E-state index contributed by atoms with van der Waals surface area (Å²) in [6.07, 6.45) is 1.70. The van der Waals surface area contributed by atoms with Gasteiger partial charge in [0.15, 0.2) is 0 Å². The summed E-state index contributed by atoms with van der Waals surface area (Å²) in [5.41, 5.74) is 1.63. The Hall–Kier alpha value is -2.73. The van der Waals surface area contributed by atoms with Gasteiger partial charge in [-0.2, -0.15) is 0 Å². The second kappa shape index (κ2) is 9.46. The molecule has 2 N–H and O–H groups in total. The lowest BCUT2D eigenvalue weighted by Crippen LogP contribution is -2.50. The number of nitrogens with zero attached hydrogens (tertiary/aromatic N) is 1. The van der Waals surface area contributed by atoms with Gasteiger partial charge in [0.05, 0.1) is 12.0 Å². The van der Waals surface area contributed by atoms with Gasteiger partial charge < -0.3 is 10.6 Å². The standard InChI is InChI=1S/C22H26FN3O2/c1-16(21(27)24-14-17-9-11-19(23)12-10-17)26-13-5-6-18(15-26)22(28)25-20-7-3-2-4-8-20/h2-4,7-12,16,18H,5-6,13-15H2,1H3,(H,24,27)(H,25,28). The smallest absolute Gasteiger partial charge is 0.237 e. The molecular formula is C22H26FN3O2. The summed E-state index contributed by atoms with van der Waals surface area (Å²) in [6.45, 7) is 3.57. The van der Waals surface area contributed by atoms with E-state index >= 15 is 0 Å². The number of hydrogen-bond donors (Lipinski definition) is 2. The first-order chi connectivity index (χ1) is 13.5. The molecule has 148 valence electrons. The fraction of sp³-hybridized carbons (Fsp3) is 0.364. The van der Waals surface area contributed by atoms with Gasteiger partial charge in [-0.1, -0.05) is 30.3 Å². The highest BCUT2D eigenvalue weighted by Crippen LogP contribution is 2.20. The molecule has 2 atom stereocenters. The molecule has 5 nitrogen and oxygen atoms in total. The summed E-state index contributed by atoms with van der Waals surface area (Å²) in [4.78, 5) is 27.2. The van der Waals surface area contributed by atoms with Crippen LogP contribution in [-0.4, -0.2) is 35.8 Å². The third-order valence-corrected chi connectivity index (χ3v) is 5.17. The van der Waals surface area contributed by atoms with Crippen molar-refractivity contribution in [3.8, 4) is 0 Å². The summed E-state index contributed by atoms with van der Waals surface area (Å²) in [5, 5.41) is 5.85. The van der Waals surface area contributed by atoms with Gasteiger partial charge in [0.2, 0.25) is 11.8 Å². The molecule has 0 radical (unpaired) electrons. The average molecular weight is 383 g/mol. The number of hydrogen-bond acceptors (Lipinski definition) is 3. The first kappa shape index (κ1) is 20.0. The largest absolute Gasteiger partial charge is 0.351 e. The van der Waals surface area contributed by atoms with E-state index < -0.39 is 0 Å². The van der Waals surface area contributed by atoms with Gasteiger partial charge in [-0.05, 0) is 56.1 Å². The van der Waals surface area contributed by atoms with E-state index in [0.29, 0.717) is 13.1 Å². The Balaban J connectivity index is 1.51. The molecule has 2 aromatic rings. The van der Waals surface area contributed by atoms with Gasteiger partial charge in [0.1, 0.15) is 5.82 Å². The van der Waals surface area contributed by atoms with Crippen molar-refractivity contribution in [2.24, 2.45) is 5.92 Å². The van der Waals surface area contributed by atoms with Crippen LogP contribution in [-0.2, 0) is 16.1 Å². The molecule has 6 heteroatoms. The summed E-state index contributed by atoms with van der Waals surface area (Å²) >= 11 is 0. The molecule has 28 heavy (non-hydrogen) atoms. The fourth-order valence-electron chi connectivity index (χ4n) is 3.44. The van der Waals surface area contributed by atoms with Crippen LogP contribution in [0.1, 0.15) is 25.3 Å². The zero-order valence-corrected chi connectivity index (χ0v) is 16.0. The monoisotopic (exact) mass is 383 g/mol. The van der Waals surface area contributed by atoms with Crippen LogP contribution in [0.2, 0.25) is 0 Å². The van der Waals surface area contributed by atoms with Crippen molar-refractivity contribution in [2.45, 2.75) is 32.4 Å². The van der Waals surface area contributed by atoms with Gasteiger partial charge in [0, 0.05) is 18.8 Å². The number of anilines is 1. The SMILES string of the molecule is CC(C(=O)NCc1ccc(F)cc1)N1CCCC(C(=O)Nc2ccccc2)C1. The third-order valence-electron chi connectivity index (χ3n) is 5.17.